The summed E-state index contributed by atoms with van der Waals surface area (Å²) in [6, 6.07) is 21.3. The van der Waals surface area contributed by atoms with Gasteiger partial charge in [0.05, 0.1) is 5.75 Å². The third kappa shape index (κ3) is 5.15. The Morgan fingerprint density at radius 3 is 2.50 bits per heavy atom. The zero-order valence-corrected chi connectivity index (χ0v) is 18.7. The maximum Gasteiger partial charge on any atom is 0.253 e. The van der Waals surface area contributed by atoms with Crippen molar-refractivity contribution < 1.29 is 9.59 Å². The SMILES string of the molecule is CN(Cc1ccc2ccccc2c1)C(=O)c1ccc(NC(=O)CSc2nncn2C)cc1. The second-order valence-electron chi connectivity index (χ2n) is 7.48. The van der Waals surface area contributed by atoms with E-state index in [0.29, 0.717) is 23.0 Å². The molecule has 0 aliphatic carbocycles. The fraction of sp³-hybridized carbons (Fsp3) is 0.167. The van der Waals surface area contributed by atoms with Gasteiger partial charge in [0.2, 0.25) is 5.91 Å². The van der Waals surface area contributed by atoms with Crippen LogP contribution in [0.15, 0.2) is 78.2 Å². The molecule has 0 radical (unpaired) electrons. The van der Waals surface area contributed by atoms with Crippen LogP contribution in [-0.4, -0.2) is 44.3 Å². The number of anilines is 1. The predicted octanol–water partition coefficient (Wildman–Crippen LogP) is 3.97. The molecule has 4 rings (SSSR count). The van der Waals surface area contributed by atoms with Gasteiger partial charge in [0.25, 0.3) is 5.91 Å². The van der Waals surface area contributed by atoms with Crippen LogP contribution in [0.4, 0.5) is 5.69 Å². The van der Waals surface area contributed by atoms with Crippen LogP contribution in [0, 0.1) is 0 Å². The summed E-state index contributed by atoms with van der Waals surface area (Å²) in [5.41, 5.74) is 2.28. The van der Waals surface area contributed by atoms with E-state index in [4.69, 9.17) is 0 Å². The number of nitrogens with zero attached hydrogens (tertiary/aromatic N) is 4. The lowest BCUT2D eigenvalue weighted by Gasteiger charge is -2.18. The Labute approximate surface area is 190 Å². The molecule has 7 nitrogen and oxygen atoms in total. The Hall–Kier alpha value is -3.65. The van der Waals surface area contributed by atoms with Crippen LogP contribution >= 0.6 is 11.8 Å². The Balaban J connectivity index is 1.33. The molecule has 162 valence electrons. The Bertz CT molecular complexity index is 1250. The standard InChI is InChI=1S/C24H23N5O2S/c1-28(14-17-7-8-18-5-3-4-6-20(18)13-17)23(31)19-9-11-21(12-10-19)26-22(30)15-32-24-27-25-16-29(24)2/h3-13,16H,14-15H2,1-2H3,(H,26,30). The van der Waals surface area contributed by atoms with Crippen molar-refractivity contribution in [2.75, 3.05) is 18.1 Å². The van der Waals surface area contributed by atoms with Crippen LogP contribution in [0.3, 0.4) is 0 Å². The quantitative estimate of drug-likeness (QED) is 0.436. The molecular weight excluding hydrogens is 422 g/mol. The van der Waals surface area contributed by atoms with Crippen molar-refractivity contribution in [2.45, 2.75) is 11.7 Å². The Morgan fingerprint density at radius 1 is 1.03 bits per heavy atom. The molecule has 1 heterocycles. The van der Waals surface area contributed by atoms with Gasteiger partial charge in [0, 0.05) is 31.9 Å². The van der Waals surface area contributed by atoms with Gasteiger partial charge in [-0.05, 0) is 46.7 Å². The third-order valence-electron chi connectivity index (χ3n) is 5.00. The summed E-state index contributed by atoms with van der Waals surface area (Å²) >= 11 is 1.31. The van der Waals surface area contributed by atoms with Gasteiger partial charge in [-0.15, -0.1) is 10.2 Å². The normalized spacial score (nSPS) is 10.8. The highest BCUT2D eigenvalue weighted by molar-refractivity contribution is 7.99. The molecule has 0 fully saturated rings. The topological polar surface area (TPSA) is 80.1 Å². The Morgan fingerprint density at radius 2 is 1.78 bits per heavy atom. The summed E-state index contributed by atoms with van der Waals surface area (Å²) in [6.07, 6.45) is 1.59. The van der Waals surface area contributed by atoms with Crippen molar-refractivity contribution in [1.29, 1.82) is 0 Å². The van der Waals surface area contributed by atoms with Gasteiger partial charge in [-0.2, -0.15) is 0 Å². The molecule has 4 aromatic rings. The van der Waals surface area contributed by atoms with Crippen LogP contribution in [0.25, 0.3) is 10.8 Å². The molecule has 0 saturated carbocycles. The van der Waals surface area contributed by atoms with Crippen molar-refractivity contribution in [3.05, 3.63) is 84.2 Å². The van der Waals surface area contributed by atoms with Crippen LogP contribution in [0.2, 0.25) is 0 Å². The lowest BCUT2D eigenvalue weighted by atomic mass is 10.1. The number of rotatable bonds is 7. The highest BCUT2D eigenvalue weighted by atomic mass is 32.2. The smallest absolute Gasteiger partial charge is 0.253 e. The molecule has 8 heteroatoms. The monoisotopic (exact) mass is 445 g/mol. The largest absolute Gasteiger partial charge is 0.337 e. The van der Waals surface area contributed by atoms with Crippen molar-refractivity contribution in [1.82, 2.24) is 19.7 Å². The van der Waals surface area contributed by atoms with Crippen LogP contribution in [-0.2, 0) is 18.4 Å². The molecule has 0 aliphatic rings. The van der Waals surface area contributed by atoms with Crippen LogP contribution in [0.1, 0.15) is 15.9 Å². The minimum Gasteiger partial charge on any atom is -0.337 e. The molecule has 3 aromatic carbocycles. The van der Waals surface area contributed by atoms with E-state index < -0.39 is 0 Å². The van der Waals surface area contributed by atoms with Crippen molar-refractivity contribution >= 4 is 40.0 Å². The lowest BCUT2D eigenvalue weighted by Crippen LogP contribution is -2.26. The van der Waals surface area contributed by atoms with Crippen LogP contribution in [0.5, 0.6) is 0 Å². The number of benzene rings is 3. The van der Waals surface area contributed by atoms with E-state index >= 15 is 0 Å². The zero-order valence-electron chi connectivity index (χ0n) is 17.9. The van der Waals surface area contributed by atoms with Crippen molar-refractivity contribution in [3.8, 4) is 0 Å². The fourth-order valence-corrected chi connectivity index (χ4v) is 4.02. The summed E-state index contributed by atoms with van der Waals surface area (Å²) in [7, 11) is 3.61. The molecule has 2 amide bonds. The van der Waals surface area contributed by atoms with Gasteiger partial charge in [0.15, 0.2) is 5.16 Å². The summed E-state index contributed by atoms with van der Waals surface area (Å²) in [5.74, 6) is 0.00112. The third-order valence-corrected chi connectivity index (χ3v) is 6.03. The number of nitrogens with one attached hydrogen (secondary N) is 1. The number of thioether (sulfide) groups is 1. The van der Waals surface area contributed by atoms with Gasteiger partial charge in [-0.25, -0.2) is 0 Å². The summed E-state index contributed by atoms with van der Waals surface area (Å²) in [5, 5.41) is 13.6. The molecule has 0 spiro atoms. The van der Waals surface area contributed by atoms with Crippen molar-refractivity contribution in [3.63, 3.8) is 0 Å². The number of aromatic nitrogens is 3. The summed E-state index contributed by atoms with van der Waals surface area (Å²) in [4.78, 5) is 26.7. The number of aryl methyl sites for hydroxylation is 1. The van der Waals surface area contributed by atoms with E-state index in [1.165, 1.54) is 17.1 Å². The first-order chi connectivity index (χ1) is 15.5. The van der Waals surface area contributed by atoms with Gasteiger partial charge in [-0.3, -0.25) is 9.59 Å². The predicted molar refractivity (Wildman–Crippen MR) is 127 cm³/mol. The van der Waals surface area contributed by atoms with Gasteiger partial charge in [0.1, 0.15) is 6.33 Å². The maximum absolute atomic E-state index is 12.8. The number of carbonyl (C=O) groups excluding carboxylic acids is 2. The fourth-order valence-electron chi connectivity index (χ4n) is 3.33. The highest BCUT2D eigenvalue weighted by Gasteiger charge is 2.13. The zero-order chi connectivity index (χ0) is 22.5. The molecule has 0 saturated heterocycles. The molecule has 0 aliphatic heterocycles. The number of hydrogen-bond acceptors (Lipinski definition) is 5. The molecule has 0 unspecified atom stereocenters. The molecule has 32 heavy (non-hydrogen) atoms. The lowest BCUT2D eigenvalue weighted by molar-refractivity contribution is -0.113. The highest BCUT2D eigenvalue weighted by Crippen LogP contribution is 2.18. The van der Waals surface area contributed by atoms with E-state index in [2.05, 4.69) is 39.8 Å². The van der Waals surface area contributed by atoms with Gasteiger partial charge < -0.3 is 14.8 Å². The van der Waals surface area contributed by atoms with E-state index in [0.717, 1.165) is 10.9 Å². The number of fused-ring (bicyclic) bond motifs is 1. The first kappa shape index (κ1) is 21.6. The molecule has 1 aromatic heterocycles. The average Bonchev–Trinajstić information content (AvgIpc) is 3.22. The maximum atomic E-state index is 12.8. The second-order valence-corrected chi connectivity index (χ2v) is 8.42. The number of amides is 2. The molecule has 0 bridgehead atoms. The molecule has 0 atom stereocenters. The van der Waals surface area contributed by atoms with E-state index in [1.807, 2.05) is 25.2 Å². The molecule has 1 N–H and O–H groups in total. The Kier molecular flexibility index (Phi) is 6.51. The minimum atomic E-state index is -0.148. The average molecular weight is 446 g/mol. The number of carbonyl (C=O) groups is 2. The summed E-state index contributed by atoms with van der Waals surface area (Å²) < 4.78 is 1.76. The summed E-state index contributed by atoms with van der Waals surface area (Å²) in [6.45, 7) is 0.515. The van der Waals surface area contributed by atoms with Gasteiger partial charge >= 0.3 is 0 Å². The minimum absolute atomic E-state index is 0.0751. The second kappa shape index (κ2) is 9.65. The molecular formula is C24H23N5O2S. The van der Waals surface area contributed by atoms with Crippen molar-refractivity contribution in [2.24, 2.45) is 7.05 Å². The van der Waals surface area contributed by atoms with E-state index in [-0.39, 0.29) is 17.6 Å². The van der Waals surface area contributed by atoms with Crippen LogP contribution < -0.4 is 5.32 Å². The number of hydrogen-bond donors (Lipinski definition) is 1. The first-order valence-corrected chi connectivity index (χ1v) is 11.1. The van der Waals surface area contributed by atoms with E-state index in [1.54, 1.807) is 47.1 Å². The first-order valence-electron chi connectivity index (χ1n) is 10.1. The van der Waals surface area contributed by atoms with Gasteiger partial charge in [-0.1, -0.05) is 48.2 Å². The van der Waals surface area contributed by atoms with E-state index in [9.17, 15) is 9.59 Å².